The summed E-state index contributed by atoms with van der Waals surface area (Å²) < 4.78 is 0. The summed E-state index contributed by atoms with van der Waals surface area (Å²) in [5.74, 6) is -0.204. The highest BCUT2D eigenvalue weighted by molar-refractivity contribution is 6.10. The molecule has 3 N–H and O–H groups in total. The summed E-state index contributed by atoms with van der Waals surface area (Å²) in [4.78, 5) is 24.5. The Balaban J connectivity index is 1.98. The summed E-state index contributed by atoms with van der Waals surface area (Å²) in [5, 5.41) is 2.85. The van der Waals surface area contributed by atoms with Gasteiger partial charge in [-0.3, -0.25) is 9.59 Å². The quantitative estimate of drug-likeness (QED) is 0.654. The van der Waals surface area contributed by atoms with Gasteiger partial charge in [0.2, 0.25) is 0 Å². The summed E-state index contributed by atoms with van der Waals surface area (Å²) in [7, 11) is 0. The van der Waals surface area contributed by atoms with E-state index in [0.29, 0.717) is 28.9 Å². The van der Waals surface area contributed by atoms with Gasteiger partial charge in [0.1, 0.15) is 0 Å². The molecule has 4 heteroatoms. The fraction of sp³-hybridized carbons (Fsp3) is 0.176. The molecule has 1 amide bonds. The average Bonchev–Trinajstić information content (AvgIpc) is 2.69. The first-order chi connectivity index (χ1) is 10.1. The fourth-order valence-electron chi connectivity index (χ4n) is 2.52. The largest absolute Gasteiger partial charge is 0.399 e. The number of hydrogen-bond acceptors (Lipinski definition) is 3. The number of nitrogens with one attached hydrogen (secondary N) is 1. The van der Waals surface area contributed by atoms with E-state index in [1.54, 1.807) is 36.4 Å². The van der Waals surface area contributed by atoms with E-state index in [2.05, 4.69) is 5.32 Å². The van der Waals surface area contributed by atoms with Crippen LogP contribution in [0, 0.1) is 0 Å². The molecule has 1 heterocycles. The molecule has 2 aromatic carbocycles. The maximum Gasteiger partial charge on any atom is 0.251 e. The van der Waals surface area contributed by atoms with Crippen LogP contribution in [-0.2, 0) is 6.42 Å². The van der Waals surface area contributed by atoms with Crippen LogP contribution in [0.1, 0.15) is 38.3 Å². The Morgan fingerprint density at radius 1 is 1.05 bits per heavy atom. The van der Waals surface area contributed by atoms with Gasteiger partial charge in [0.15, 0.2) is 5.78 Å². The van der Waals surface area contributed by atoms with Crippen molar-refractivity contribution >= 4 is 17.4 Å². The maximum absolute atomic E-state index is 12.5. The number of aryl methyl sites for hydroxylation is 1. The van der Waals surface area contributed by atoms with E-state index in [1.165, 1.54) is 0 Å². The van der Waals surface area contributed by atoms with Crippen LogP contribution >= 0.6 is 0 Å². The van der Waals surface area contributed by atoms with Gasteiger partial charge >= 0.3 is 0 Å². The van der Waals surface area contributed by atoms with Crippen molar-refractivity contribution in [2.24, 2.45) is 0 Å². The predicted octanol–water partition coefficient (Wildman–Crippen LogP) is 2.18. The van der Waals surface area contributed by atoms with Crippen LogP contribution in [0.4, 0.5) is 5.69 Å². The minimum Gasteiger partial charge on any atom is -0.399 e. The van der Waals surface area contributed by atoms with Crippen molar-refractivity contribution in [2.75, 3.05) is 12.3 Å². The SMILES string of the molecule is Nc1ccc(C(=O)c2ccc3c(c2)C(=O)NCCC3)cc1. The molecule has 0 radical (unpaired) electrons. The lowest BCUT2D eigenvalue weighted by atomic mass is 9.96. The molecule has 0 aliphatic carbocycles. The molecular formula is C17H16N2O2. The summed E-state index contributed by atoms with van der Waals surface area (Å²) in [6.07, 6.45) is 1.77. The molecule has 4 nitrogen and oxygen atoms in total. The van der Waals surface area contributed by atoms with Crippen LogP contribution in [0.15, 0.2) is 42.5 Å². The smallest absolute Gasteiger partial charge is 0.251 e. The van der Waals surface area contributed by atoms with Gasteiger partial charge in [-0.1, -0.05) is 12.1 Å². The van der Waals surface area contributed by atoms with Gasteiger partial charge < -0.3 is 11.1 Å². The Kier molecular flexibility index (Phi) is 3.44. The minimum atomic E-state index is -0.102. The van der Waals surface area contributed by atoms with Crippen molar-refractivity contribution < 1.29 is 9.59 Å². The van der Waals surface area contributed by atoms with Gasteiger partial charge in [-0.25, -0.2) is 0 Å². The van der Waals surface area contributed by atoms with Crippen molar-refractivity contribution in [1.82, 2.24) is 5.32 Å². The van der Waals surface area contributed by atoms with Gasteiger partial charge in [-0.2, -0.15) is 0 Å². The van der Waals surface area contributed by atoms with E-state index >= 15 is 0 Å². The van der Waals surface area contributed by atoms with E-state index in [9.17, 15) is 9.59 Å². The van der Waals surface area contributed by atoms with Crippen molar-refractivity contribution in [3.63, 3.8) is 0 Å². The zero-order chi connectivity index (χ0) is 14.8. The number of rotatable bonds is 2. The van der Waals surface area contributed by atoms with Crippen LogP contribution in [0.5, 0.6) is 0 Å². The molecule has 0 fully saturated rings. The Hall–Kier alpha value is -2.62. The van der Waals surface area contributed by atoms with Crippen LogP contribution in [0.3, 0.4) is 0 Å². The molecule has 2 aromatic rings. The number of nitrogens with two attached hydrogens (primary N) is 1. The van der Waals surface area contributed by atoms with Crippen LogP contribution < -0.4 is 11.1 Å². The Morgan fingerprint density at radius 2 is 1.76 bits per heavy atom. The van der Waals surface area contributed by atoms with Gasteiger partial charge in [0.25, 0.3) is 5.91 Å². The number of carbonyl (C=O) groups is 2. The normalized spacial score (nSPS) is 14.0. The number of fused-ring (bicyclic) bond motifs is 1. The van der Waals surface area contributed by atoms with E-state index in [1.807, 2.05) is 6.07 Å². The fourth-order valence-corrected chi connectivity index (χ4v) is 2.52. The highest BCUT2D eigenvalue weighted by atomic mass is 16.1. The topological polar surface area (TPSA) is 72.2 Å². The molecule has 21 heavy (non-hydrogen) atoms. The van der Waals surface area contributed by atoms with Crippen molar-refractivity contribution in [2.45, 2.75) is 12.8 Å². The molecule has 3 rings (SSSR count). The second-order valence-electron chi connectivity index (χ2n) is 5.18. The van der Waals surface area contributed by atoms with Gasteiger partial charge in [0, 0.05) is 28.9 Å². The van der Waals surface area contributed by atoms with Gasteiger partial charge in [0.05, 0.1) is 0 Å². The summed E-state index contributed by atoms with van der Waals surface area (Å²) in [5.41, 5.74) is 8.94. The van der Waals surface area contributed by atoms with Crippen LogP contribution in [0.2, 0.25) is 0 Å². The number of benzene rings is 2. The number of amides is 1. The van der Waals surface area contributed by atoms with Crippen molar-refractivity contribution in [1.29, 1.82) is 0 Å². The Bertz CT molecular complexity index is 705. The first kappa shape index (κ1) is 13.4. The zero-order valence-corrected chi connectivity index (χ0v) is 11.6. The van der Waals surface area contributed by atoms with E-state index in [4.69, 9.17) is 5.73 Å². The van der Waals surface area contributed by atoms with Crippen LogP contribution in [-0.4, -0.2) is 18.2 Å². The highest BCUT2D eigenvalue weighted by Crippen LogP contribution is 2.19. The predicted molar refractivity (Wildman–Crippen MR) is 81.4 cm³/mol. The third-order valence-electron chi connectivity index (χ3n) is 3.70. The molecular weight excluding hydrogens is 264 g/mol. The highest BCUT2D eigenvalue weighted by Gasteiger charge is 2.18. The maximum atomic E-state index is 12.5. The second kappa shape index (κ2) is 5.40. The van der Waals surface area contributed by atoms with Crippen molar-refractivity contribution in [3.8, 4) is 0 Å². The lowest BCUT2D eigenvalue weighted by molar-refractivity contribution is 0.0956. The lowest BCUT2D eigenvalue weighted by Crippen LogP contribution is -2.22. The number of ketones is 1. The molecule has 0 saturated heterocycles. The first-order valence-corrected chi connectivity index (χ1v) is 6.96. The van der Waals surface area contributed by atoms with Gasteiger partial charge in [-0.15, -0.1) is 0 Å². The number of carbonyl (C=O) groups excluding carboxylic acids is 2. The molecule has 0 saturated carbocycles. The summed E-state index contributed by atoms with van der Waals surface area (Å²) >= 11 is 0. The molecule has 1 aliphatic rings. The number of hydrogen-bond donors (Lipinski definition) is 2. The zero-order valence-electron chi connectivity index (χ0n) is 11.6. The van der Waals surface area contributed by atoms with E-state index in [0.717, 1.165) is 18.4 Å². The number of anilines is 1. The molecule has 1 aliphatic heterocycles. The van der Waals surface area contributed by atoms with E-state index < -0.39 is 0 Å². The van der Waals surface area contributed by atoms with E-state index in [-0.39, 0.29) is 11.7 Å². The Labute approximate surface area is 123 Å². The minimum absolute atomic E-state index is 0.102. The molecule has 0 aromatic heterocycles. The Morgan fingerprint density at radius 3 is 2.52 bits per heavy atom. The van der Waals surface area contributed by atoms with Gasteiger partial charge in [-0.05, 0) is 48.7 Å². The summed E-state index contributed by atoms with van der Waals surface area (Å²) in [6, 6.07) is 12.1. The number of nitrogen functional groups attached to an aromatic ring is 1. The first-order valence-electron chi connectivity index (χ1n) is 6.96. The third-order valence-corrected chi connectivity index (χ3v) is 3.70. The standard InChI is InChI=1S/C17H16N2O2/c18-14-7-5-12(6-8-14)16(20)13-4-3-11-2-1-9-19-17(21)15(11)10-13/h3-8,10H,1-2,9,18H2,(H,19,21). The average molecular weight is 280 g/mol. The summed E-state index contributed by atoms with van der Waals surface area (Å²) in [6.45, 7) is 0.675. The third kappa shape index (κ3) is 2.65. The molecule has 0 atom stereocenters. The molecule has 0 spiro atoms. The molecule has 0 bridgehead atoms. The monoisotopic (exact) mass is 280 g/mol. The molecule has 0 unspecified atom stereocenters. The molecule has 106 valence electrons. The second-order valence-corrected chi connectivity index (χ2v) is 5.18. The lowest BCUT2D eigenvalue weighted by Gasteiger charge is -2.08. The van der Waals surface area contributed by atoms with Crippen LogP contribution in [0.25, 0.3) is 0 Å². The van der Waals surface area contributed by atoms with Crippen molar-refractivity contribution in [3.05, 3.63) is 64.7 Å².